The summed E-state index contributed by atoms with van der Waals surface area (Å²) in [5.74, 6) is 0. The molecule has 1 fully saturated rings. The molecule has 3 rings (SSSR count). The summed E-state index contributed by atoms with van der Waals surface area (Å²) in [5.41, 5.74) is 3.78. The molecule has 0 radical (unpaired) electrons. The summed E-state index contributed by atoms with van der Waals surface area (Å²) >= 11 is 0. The molecule has 2 aromatic carbocycles. The summed E-state index contributed by atoms with van der Waals surface area (Å²) in [4.78, 5) is 16.7. The molecule has 2 amide bonds. The van der Waals surface area contributed by atoms with Gasteiger partial charge in [0.1, 0.15) is 0 Å². The molecule has 2 aromatic rings. The molecule has 0 unspecified atom stereocenters. The van der Waals surface area contributed by atoms with Crippen LogP contribution in [0.5, 0.6) is 0 Å². The topological polar surface area (TPSA) is 35.6 Å². The summed E-state index contributed by atoms with van der Waals surface area (Å²) in [6.45, 7) is 5.78. The van der Waals surface area contributed by atoms with Gasteiger partial charge in [0.15, 0.2) is 0 Å². The second-order valence-electron chi connectivity index (χ2n) is 7.27. The van der Waals surface area contributed by atoms with Crippen molar-refractivity contribution in [2.45, 2.75) is 38.9 Å². The van der Waals surface area contributed by atoms with E-state index in [1.165, 1.54) is 16.7 Å². The Balaban J connectivity index is 1.43. The van der Waals surface area contributed by atoms with Crippen LogP contribution in [0.2, 0.25) is 0 Å². The molecule has 1 N–H and O–H groups in total. The predicted molar refractivity (Wildman–Crippen MR) is 106 cm³/mol. The Morgan fingerprint density at radius 1 is 1.08 bits per heavy atom. The first-order valence-corrected chi connectivity index (χ1v) is 9.44. The van der Waals surface area contributed by atoms with E-state index in [2.05, 4.69) is 59.6 Å². The highest BCUT2D eigenvalue weighted by atomic mass is 16.2. The van der Waals surface area contributed by atoms with Gasteiger partial charge in [-0.2, -0.15) is 0 Å². The van der Waals surface area contributed by atoms with Gasteiger partial charge in [-0.3, -0.25) is 4.90 Å². The first kappa shape index (κ1) is 18.5. The van der Waals surface area contributed by atoms with Crippen molar-refractivity contribution in [3.63, 3.8) is 0 Å². The summed E-state index contributed by atoms with van der Waals surface area (Å²) in [6.07, 6.45) is 2.02. The molecule has 0 saturated carbocycles. The van der Waals surface area contributed by atoms with Gasteiger partial charge in [0, 0.05) is 39.3 Å². The number of nitrogens with zero attached hydrogens (tertiary/aromatic N) is 2. The van der Waals surface area contributed by atoms with Crippen LogP contribution in [0, 0.1) is 6.92 Å². The molecule has 0 spiro atoms. The third kappa shape index (κ3) is 5.09. The number of carbonyl (C=O) groups excluding carboxylic acids is 1. The minimum absolute atomic E-state index is 0.0229. The highest BCUT2D eigenvalue weighted by molar-refractivity contribution is 5.74. The van der Waals surface area contributed by atoms with Crippen molar-refractivity contribution in [2.75, 3.05) is 20.1 Å². The number of aryl methyl sites for hydroxylation is 1. The molecule has 4 heteroatoms. The van der Waals surface area contributed by atoms with Crippen molar-refractivity contribution in [2.24, 2.45) is 0 Å². The maximum atomic E-state index is 12.5. The normalized spacial score (nSPS) is 15.6. The highest BCUT2D eigenvalue weighted by Gasteiger charge is 2.22. The maximum Gasteiger partial charge on any atom is 0.317 e. The number of nitrogens with one attached hydrogen (secondary N) is 1. The molecular formula is C22H29N3O. The first-order chi connectivity index (χ1) is 12.6. The Bertz CT molecular complexity index is 708. The zero-order valence-corrected chi connectivity index (χ0v) is 15.8. The Hall–Kier alpha value is -2.33. The van der Waals surface area contributed by atoms with Crippen molar-refractivity contribution in [3.8, 4) is 0 Å². The molecule has 1 aliphatic heterocycles. The Kier molecular flexibility index (Phi) is 6.29. The number of amides is 2. The lowest BCUT2D eigenvalue weighted by Crippen LogP contribution is -2.48. The Morgan fingerprint density at radius 3 is 2.42 bits per heavy atom. The van der Waals surface area contributed by atoms with E-state index in [0.717, 1.165) is 32.5 Å². The van der Waals surface area contributed by atoms with Gasteiger partial charge < -0.3 is 10.2 Å². The van der Waals surface area contributed by atoms with Gasteiger partial charge in [-0.15, -0.1) is 0 Å². The van der Waals surface area contributed by atoms with E-state index >= 15 is 0 Å². The molecule has 1 heterocycles. The number of hydrogen-bond acceptors (Lipinski definition) is 2. The zero-order chi connectivity index (χ0) is 18.4. The van der Waals surface area contributed by atoms with E-state index in [1.54, 1.807) is 4.90 Å². The number of likely N-dealkylation sites (tertiary alicyclic amines) is 1. The molecule has 138 valence electrons. The third-order valence-electron chi connectivity index (χ3n) is 5.18. The summed E-state index contributed by atoms with van der Waals surface area (Å²) in [6, 6.07) is 19.1. The lowest BCUT2D eigenvalue weighted by atomic mass is 10.0. The Labute approximate surface area is 156 Å². The monoisotopic (exact) mass is 351 g/mol. The van der Waals surface area contributed by atoms with E-state index in [1.807, 2.05) is 19.2 Å². The van der Waals surface area contributed by atoms with Crippen molar-refractivity contribution in [3.05, 3.63) is 71.3 Å². The van der Waals surface area contributed by atoms with Crippen LogP contribution >= 0.6 is 0 Å². The van der Waals surface area contributed by atoms with Crippen molar-refractivity contribution in [1.29, 1.82) is 0 Å². The lowest BCUT2D eigenvalue weighted by molar-refractivity contribution is 0.173. The van der Waals surface area contributed by atoms with Crippen LogP contribution < -0.4 is 5.32 Å². The molecule has 4 nitrogen and oxygen atoms in total. The van der Waals surface area contributed by atoms with Crippen LogP contribution in [0.3, 0.4) is 0 Å². The zero-order valence-electron chi connectivity index (χ0n) is 15.8. The maximum absolute atomic E-state index is 12.5. The fourth-order valence-corrected chi connectivity index (χ4v) is 3.48. The van der Waals surface area contributed by atoms with Crippen LogP contribution in [-0.4, -0.2) is 42.0 Å². The number of carbonyl (C=O) groups is 1. The average Bonchev–Trinajstić information content (AvgIpc) is 2.66. The predicted octanol–water partition coefficient (Wildman–Crippen LogP) is 3.80. The summed E-state index contributed by atoms with van der Waals surface area (Å²) in [7, 11) is 1.87. The van der Waals surface area contributed by atoms with Crippen molar-refractivity contribution >= 4 is 6.03 Å². The smallest absolute Gasteiger partial charge is 0.317 e. The van der Waals surface area contributed by atoms with Crippen molar-refractivity contribution in [1.82, 2.24) is 15.1 Å². The standard InChI is InChI=1S/C22H29N3O/c1-18-8-6-7-11-20(18)17-24(2)22(26)23-21-12-14-25(15-13-21)16-19-9-4-3-5-10-19/h3-11,21H,12-17H2,1-2H3,(H,23,26). The molecule has 0 aromatic heterocycles. The van der Waals surface area contributed by atoms with Gasteiger partial charge in [-0.1, -0.05) is 54.6 Å². The van der Waals surface area contributed by atoms with Crippen LogP contribution in [-0.2, 0) is 13.1 Å². The van der Waals surface area contributed by atoms with Crippen LogP contribution in [0.4, 0.5) is 4.79 Å². The summed E-state index contributed by atoms with van der Waals surface area (Å²) in [5, 5.41) is 3.20. The number of benzene rings is 2. The van der Waals surface area contributed by atoms with Gasteiger partial charge in [-0.05, 0) is 36.5 Å². The van der Waals surface area contributed by atoms with Gasteiger partial charge in [0.2, 0.25) is 0 Å². The minimum atomic E-state index is 0.0229. The number of rotatable bonds is 5. The second-order valence-corrected chi connectivity index (χ2v) is 7.27. The fourth-order valence-electron chi connectivity index (χ4n) is 3.48. The fraction of sp³-hybridized carbons (Fsp3) is 0.409. The molecule has 0 atom stereocenters. The molecular weight excluding hydrogens is 322 g/mol. The van der Waals surface area contributed by atoms with Crippen LogP contribution in [0.25, 0.3) is 0 Å². The Morgan fingerprint density at radius 2 is 1.73 bits per heavy atom. The summed E-state index contributed by atoms with van der Waals surface area (Å²) < 4.78 is 0. The quantitative estimate of drug-likeness (QED) is 0.889. The number of hydrogen-bond donors (Lipinski definition) is 1. The molecule has 0 bridgehead atoms. The van der Waals surface area contributed by atoms with Gasteiger partial charge >= 0.3 is 6.03 Å². The first-order valence-electron chi connectivity index (χ1n) is 9.44. The largest absolute Gasteiger partial charge is 0.335 e. The van der Waals surface area contributed by atoms with E-state index in [0.29, 0.717) is 6.54 Å². The molecule has 0 aliphatic carbocycles. The van der Waals surface area contributed by atoms with Crippen LogP contribution in [0.15, 0.2) is 54.6 Å². The lowest BCUT2D eigenvalue weighted by Gasteiger charge is -2.33. The highest BCUT2D eigenvalue weighted by Crippen LogP contribution is 2.15. The van der Waals surface area contributed by atoms with Gasteiger partial charge in [0.25, 0.3) is 0 Å². The molecule has 26 heavy (non-hydrogen) atoms. The van der Waals surface area contributed by atoms with Crippen LogP contribution in [0.1, 0.15) is 29.5 Å². The van der Waals surface area contributed by atoms with E-state index in [4.69, 9.17) is 0 Å². The van der Waals surface area contributed by atoms with E-state index in [9.17, 15) is 4.79 Å². The van der Waals surface area contributed by atoms with Gasteiger partial charge in [0.05, 0.1) is 0 Å². The molecule has 1 aliphatic rings. The van der Waals surface area contributed by atoms with Gasteiger partial charge in [-0.25, -0.2) is 4.79 Å². The SMILES string of the molecule is Cc1ccccc1CN(C)C(=O)NC1CCN(Cc2ccccc2)CC1. The second kappa shape index (κ2) is 8.86. The third-order valence-corrected chi connectivity index (χ3v) is 5.18. The average molecular weight is 351 g/mol. The number of piperidine rings is 1. The van der Waals surface area contributed by atoms with Crippen molar-refractivity contribution < 1.29 is 4.79 Å². The number of urea groups is 1. The van der Waals surface area contributed by atoms with E-state index < -0.39 is 0 Å². The minimum Gasteiger partial charge on any atom is -0.335 e. The van der Waals surface area contributed by atoms with E-state index in [-0.39, 0.29) is 12.1 Å². The molecule has 1 saturated heterocycles.